The zero-order valence-corrected chi connectivity index (χ0v) is 12.1. The van der Waals surface area contributed by atoms with E-state index < -0.39 is 0 Å². The molecule has 0 spiro atoms. The van der Waals surface area contributed by atoms with Crippen LogP contribution in [0.5, 0.6) is 5.75 Å². The molecule has 0 bridgehead atoms. The maximum atomic E-state index is 6.03. The van der Waals surface area contributed by atoms with Gasteiger partial charge in [-0.2, -0.15) is 5.10 Å². The lowest BCUT2D eigenvalue weighted by molar-refractivity contribution is 0.200. The van der Waals surface area contributed by atoms with E-state index in [0.717, 1.165) is 46.6 Å². The van der Waals surface area contributed by atoms with Gasteiger partial charge in [-0.05, 0) is 51.0 Å². The number of hydrogen-bond acceptors (Lipinski definition) is 4. The summed E-state index contributed by atoms with van der Waals surface area (Å²) in [5.41, 5.74) is 3.58. The third-order valence-corrected chi connectivity index (χ3v) is 3.90. The fraction of sp³-hybridized carbons (Fsp3) is 0.312. The van der Waals surface area contributed by atoms with Crippen LogP contribution in [0.2, 0.25) is 0 Å². The van der Waals surface area contributed by atoms with Gasteiger partial charge >= 0.3 is 0 Å². The Kier molecular flexibility index (Phi) is 2.51. The van der Waals surface area contributed by atoms with Gasteiger partial charge < -0.3 is 4.74 Å². The molecule has 1 N–H and O–H groups in total. The largest absolute Gasteiger partial charge is 0.488 e. The van der Waals surface area contributed by atoms with Crippen molar-refractivity contribution in [1.29, 1.82) is 0 Å². The van der Waals surface area contributed by atoms with Crippen LogP contribution < -0.4 is 4.74 Å². The lowest BCUT2D eigenvalue weighted by Crippen LogP contribution is -2.11. The molecule has 1 fully saturated rings. The molecule has 1 aliphatic carbocycles. The van der Waals surface area contributed by atoms with Gasteiger partial charge in [0.15, 0.2) is 0 Å². The van der Waals surface area contributed by atoms with Crippen LogP contribution in [0.25, 0.3) is 22.3 Å². The third-order valence-electron chi connectivity index (χ3n) is 3.90. The molecule has 0 amide bonds. The van der Waals surface area contributed by atoms with Gasteiger partial charge in [0, 0.05) is 11.1 Å². The van der Waals surface area contributed by atoms with Crippen LogP contribution in [-0.4, -0.2) is 25.8 Å². The summed E-state index contributed by atoms with van der Waals surface area (Å²) in [6.45, 7) is 4.09. The van der Waals surface area contributed by atoms with Gasteiger partial charge in [-0.3, -0.25) is 5.10 Å². The number of nitrogens with one attached hydrogen (secondary N) is 1. The van der Waals surface area contributed by atoms with E-state index in [1.54, 1.807) is 6.33 Å². The lowest BCUT2D eigenvalue weighted by atomic mass is 10.1. The maximum Gasteiger partial charge on any atom is 0.120 e. The van der Waals surface area contributed by atoms with E-state index in [1.165, 1.54) is 0 Å². The van der Waals surface area contributed by atoms with E-state index in [9.17, 15) is 0 Å². The molecule has 4 rings (SSSR count). The predicted octanol–water partition coefficient (Wildman–Crippen LogP) is 3.26. The summed E-state index contributed by atoms with van der Waals surface area (Å²) in [4.78, 5) is 8.44. The van der Waals surface area contributed by atoms with Gasteiger partial charge in [0.1, 0.15) is 23.4 Å². The van der Waals surface area contributed by atoms with Crippen molar-refractivity contribution in [3.63, 3.8) is 0 Å². The molecule has 1 saturated carbocycles. The highest BCUT2D eigenvalue weighted by Crippen LogP contribution is 2.40. The molecule has 1 aromatic carbocycles. The van der Waals surface area contributed by atoms with Gasteiger partial charge in [-0.15, -0.1) is 0 Å². The van der Waals surface area contributed by atoms with Crippen LogP contribution in [0.1, 0.15) is 25.5 Å². The number of aromatic amines is 1. The van der Waals surface area contributed by atoms with Crippen LogP contribution in [0, 0.1) is 6.92 Å². The fourth-order valence-corrected chi connectivity index (χ4v) is 2.40. The molecule has 0 unspecified atom stereocenters. The molecular weight excluding hydrogens is 264 g/mol. The zero-order chi connectivity index (χ0) is 14.4. The van der Waals surface area contributed by atoms with Crippen molar-refractivity contribution < 1.29 is 4.74 Å². The molecule has 3 aromatic rings. The summed E-state index contributed by atoms with van der Waals surface area (Å²) in [5, 5.41) is 8.46. The molecule has 106 valence electrons. The first-order valence-electron chi connectivity index (χ1n) is 7.09. The van der Waals surface area contributed by atoms with E-state index in [2.05, 4.69) is 27.1 Å². The van der Waals surface area contributed by atoms with Gasteiger partial charge in [0.05, 0.1) is 11.2 Å². The molecular formula is C16H16N4O. The Hall–Kier alpha value is -2.43. The van der Waals surface area contributed by atoms with E-state index in [-0.39, 0.29) is 5.60 Å². The maximum absolute atomic E-state index is 6.03. The molecule has 0 saturated heterocycles. The van der Waals surface area contributed by atoms with Crippen LogP contribution in [-0.2, 0) is 0 Å². The minimum absolute atomic E-state index is 0.0169. The second kappa shape index (κ2) is 4.28. The number of rotatable bonds is 3. The Balaban J connectivity index is 1.80. The Morgan fingerprint density at radius 3 is 2.81 bits per heavy atom. The number of benzene rings is 1. The number of hydrogen-bond donors (Lipinski definition) is 1. The Labute approximate surface area is 122 Å². The molecule has 0 atom stereocenters. The number of fused-ring (bicyclic) bond motifs is 1. The average molecular weight is 280 g/mol. The molecule has 0 aliphatic heterocycles. The first-order valence-corrected chi connectivity index (χ1v) is 7.09. The van der Waals surface area contributed by atoms with Crippen molar-refractivity contribution in [2.24, 2.45) is 0 Å². The topological polar surface area (TPSA) is 63.7 Å². The van der Waals surface area contributed by atoms with Crippen LogP contribution in [0.15, 0.2) is 30.6 Å². The molecule has 2 aromatic heterocycles. The van der Waals surface area contributed by atoms with Gasteiger partial charge in [-0.25, -0.2) is 9.97 Å². The standard InChI is InChI=1S/C16H16N4O/c1-10-7-14(18-9-17-10)15-12-8-11(21-16(2)5-6-16)3-4-13(12)19-20-15/h3-4,7-9H,5-6H2,1-2H3,(H,19,20). The van der Waals surface area contributed by atoms with Crippen LogP contribution in [0.4, 0.5) is 0 Å². The average Bonchev–Trinajstić information content (AvgIpc) is 3.04. The normalized spacial score (nSPS) is 16.1. The third kappa shape index (κ3) is 2.24. The minimum Gasteiger partial charge on any atom is -0.488 e. The molecule has 0 radical (unpaired) electrons. The Morgan fingerprint density at radius 1 is 1.19 bits per heavy atom. The number of aryl methyl sites for hydroxylation is 1. The summed E-state index contributed by atoms with van der Waals surface area (Å²) < 4.78 is 6.03. The van der Waals surface area contributed by atoms with Gasteiger partial charge in [-0.1, -0.05) is 0 Å². The minimum atomic E-state index is 0.0169. The Morgan fingerprint density at radius 2 is 2.05 bits per heavy atom. The monoisotopic (exact) mass is 280 g/mol. The number of nitrogens with zero attached hydrogens (tertiary/aromatic N) is 3. The molecule has 1 aliphatic rings. The van der Waals surface area contributed by atoms with Crippen LogP contribution >= 0.6 is 0 Å². The van der Waals surface area contributed by atoms with E-state index in [1.807, 2.05) is 31.2 Å². The fourth-order valence-electron chi connectivity index (χ4n) is 2.40. The zero-order valence-electron chi connectivity index (χ0n) is 12.1. The first kappa shape index (κ1) is 12.3. The lowest BCUT2D eigenvalue weighted by Gasteiger charge is -2.12. The number of aromatic nitrogens is 4. The summed E-state index contributed by atoms with van der Waals surface area (Å²) in [7, 11) is 0. The van der Waals surface area contributed by atoms with Crippen molar-refractivity contribution in [3.05, 3.63) is 36.3 Å². The van der Waals surface area contributed by atoms with E-state index in [4.69, 9.17) is 4.74 Å². The van der Waals surface area contributed by atoms with Crippen molar-refractivity contribution in [3.8, 4) is 17.1 Å². The number of H-pyrrole nitrogens is 1. The highest BCUT2D eigenvalue weighted by atomic mass is 16.5. The summed E-state index contributed by atoms with van der Waals surface area (Å²) >= 11 is 0. The van der Waals surface area contributed by atoms with E-state index >= 15 is 0 Å². The predicted molar refractivity (Wildman–Crippen MR) is 80.1 cm³/mol. The second-order valence-corrected chi connectivity index (χ2v) is 5.88. The number of ether oxygens (including phenoxy) is 1. The molecule has 21 heavy (non-hydrogen) atoms. The summed E-state index contributed by atoms with van der Waals surface area (Å²) in [6, 6.07) is 7.96. The first-order chi connectivity index (χ1) is 10.1. The molecule has 2 heterocycles. The molecule has 5 heteroatoms. The van der Waals surface area contributed by atoms with Crippen molar-refractivity contribution >= 4 is 10.9 Å². The van der Waals surface area contributed by atoms with Crippen LogP contribution in [0.3, 0.4) is 0 Å². The second-order valence-electron chi connectivity index (χ2n) is 5.88. The van der Waals surface area contributed by atoms with Crippen molar-refractivity contribution in [1.82, 2.24) is 20.2 Å². The van der Waals surface area contributed by atoms with Gasteiger partial charge in [0.2, 0.25) is 0 Å². The van der Waals surface area contributed by atoms with Crippen molar-refractivity contribution in [2.75, 3.05) is 0 Å². The smallest absolute Gasteiger partial charge is 0.120 e. The SMILES string of the molecule is Cc1cc(-c2n[nH]c3ccc(OC4(C)CC4)cc23)ncn1. The van der Waals surface area contributed by atoms with Crippen molar-refractivity contribution in [2.45, 2.75) is 32.3 Å². The van der Waals surface area contributed by atoms with Gasteiger partial charge in [0.25, 0.3) is 0 Å². The summed E-state index contributed by atoms with van der Waals surface area (Å²) in [6.07, 6.45) is 3.81. The quantitative estimate of drug-likeness (QED) is 0.799. The summed E-state index contributed by atoms with van der Waals surface area (Å²) in [5.74, 6) is 0.885. The highest BCUT2D eigenvalue weighted by Gasteiger charge is 2.40. The highest BCUT2D eigenvalue weighted by molar-refractivity contribution is 5.92. The van der Waals surface area contributed by atoms with E-state index in [0.29, 0.717) is 0 Å². The molecule has 5 nitrogen and oxygen atoms in total. The Bertz CT molecular complexity index is 820.